The molecular weight excluding hydrogens is 192 g/mol. The number of aromatic nitrogens is 2. The number of likely N-dealkylation sites (tertiary alicyclic amines) is 1. The van der Waals surface area contributed by atoms with Crippen molar-refractivity contribution in [1.29, 1.82) is 0 Å². The van der Waals surface area contributed by atoms with Crippen LogP contribution in [0, 0.1) is 0 Å². The zero-order chi connectivity index (χ0) is 10.7. The Labute approximate surface area is 89.6 Å². The van der Waals surface area contributed by atoms with Crippen LogP contribution in [-0.4, -0.2) is 41.2 Å². The Morgan fingerprint density at radius 1 is 1.60 bits per heavy atom. The van der Waals surface area contributed by atoms with E-state index < -0.39 is 0 Å². The van der Waals surface area contributed by atoms with E-state index >= 15 is 0 Å². The number of rotatable bonds is 4. The molecule has 0 aromatic carbocycles. The van der Waals surface area contributed by atoms with E-state index in [0.29, 0.717) is 24.8 Å². The smallest absolute Gasteiger partial charge is 0.227 e. The van der Waals surface area contributed by atoms with Gasteiger partial charge < -0.3 is 15.2 Å². The molecule has 1 aliphatic heterocycles. The second kappa shape index (κ2) is 4.72. The molecule has 0 radical (unpaired) electrons. The van der Waals surface area contributed by atoms with Crippen LogP contribution in [0.3, 0.4) is 0 Å². The lowest BCUT2D eigenvalue weighted by Crippen LogP contribution is -2.19. The van der Waals surface area contributed by atoms with Crippen molar-refractivity contribution in [1.82, 2.24) is 15.0 Å². The quantitative estimate of drug-likeness (QED) is 0.778. The fraction of sp³-hybridized carbons (Fsp3) is 0.800. The highest BCUT2D eigenvalue weighted by Crippen LogP contribution is 2.24. The molecular formula is C10H18N4O. The third-order valence-electron chi connectivity index (χ3n) is 2.93. The monoisotopic (exact) mass is 210 g/mol. The topological polar surface area (TPSA) is 68.2 Å². The molecule has 1 saturated heterocycles. The molecule has 0 bridgehead atoms. The molecule has 2 heterocycles. The predicted molar refractivity (Wildman–Crippen MR) is 56.5 cm³/mol. The van der Waals surface area contributed by atoms with Crippen molar-refractivity contribution >= 4 is 0 Å². The van der Waals surface area contributed by atoms with Gasteiger partial charge in [-0.25, -0.2) is 0 Å². The molecule has 1 unspecified atom stereocenters. The third-order valence-corrected chi connectivity index (χ3v) is 2.93. The molecule has 1 fully saturated rings. The standard InChI is InChI=1S/C10H18N4O/c1-2-14-6-4-8(7-14)10-12-9(3-5-11)15-13-10/h8H,2-7,11H2,1H3. The molecule has 15 heavy (non-hydrogen) atoms. The SMILES string of the molecule is CCN1CCC(c2noc(CCN)n2)C1. The maximum absolute atomic E-state index is 5.43. The summed E-state index contributed by atoms with van der Waals surface area (Å²) >= 11 is 0. The van der Waals surface area contributed by atoms with Gasteiger partial charge in [0.05, 0.1) is 0 Å². The summed E-state index contributed by atoms with van der Waals surface area (Å²) in [7, 11) is 0. The molecule has 0 spiro atoms. The molecule has 1 aromatic rings. The fourth-order valence-electron chi connectivity index (χ4n) is 1.99. The highest BCUT2D eigenvalue weighted by Gasteiger charge is 2.26. The second-order valence-electron chi connectivity index (χ2n) is 3.96. The normalized spacial score (nSPS) is 22.4. The van der Waals surface area contributed by atoms with E-state index in [2.05, 4.69) is 22.0 Å². The van der Waals surface area contributed by atoms with Gasteiger partial charge in [0.15, 0.2) is 5.82 Å². The lowest BCUT2D eigenvalue weighted by Gasteiger charge is -2.10. The molecule has 0 saturated carbocycles. The maximum atomic E-state index is 5.43. The zero-order valence-corrected chi connectivity index (χ0v) is 9.15. The molecule has 5 heteroatoms. The van der Waals surface area contributed by atoms with Gasteiger partial charge in [0.2, 0.25) is 5.89 Å². The number of nitrogens with zero attached hydrogens (tertiary/aromatic N) is 3. The molecule has 1 atom stereocenters. The second-order valence-corrected chi connectivity index (χ2v) is 3.96. The van der Waals surface area contributed by atoms with Crippen LogP contribution in [-0.2, 0) is 6.42 Å². The van der Waals surface area contributed by atoms with Crippen LogP contribution in [0.15, 0.2) is 4.52 Å². The van der Waals surface area contributed by atoms with Gasteiger partial charge in [-0.3, -0.25) is 0 Å². The van der Waals surface area contributed by atoms with E-state index in [-0.39, 0.29) is 0 Å². The molecule has 0 aliphatic carbocycles. The van der Waals surface area contributed by atoms with Crippen molar-refractivity contribution in [2.75, 3.05) is 26.2 Å². The van der Waals surface area contributed by atoms with Crippen molar-refractivity contribution in [2.45, 2.75) is 25.7 Å². The van der Waals surface area contributed by atoms with Gasteiger partial charge in [-0.05, 0) is 19.5 Å². The average molecular weight is 210 g/mol. The van der Waals surface area contributed by atoms with Gasteiger partial charge in [0.1, 0.15) is 0 Å². The fourth-order valence-corrected chi connectivity index (χ4v) is 1.99. The lowest BCUT2D eigenvalue weighted by atomic mass is 10.1. The summed E-state index contributed by atoms with van der Waals surface area (Å²) in [6, 6.07) is 0. The van der Waals surface area contributed by atoms with Crippen LogP contribution >= 0.6 is 0 Å². The zero-order valence-electron chi connectivity index (χ0n) is 9.15. The minimum Gasteiger partial charge on any atom is -0.339 e. The van der Waals surface area contributed by atoms with Gasteiger partial charge in [-0.1, -0.05) is 12.1 Å². The van der Waals surface area contributed by atoms with E-state index in [1.54, 1.807) is 0 Å². The van der Waals surface area contributed by atoms with E-state index in [0.717, 1.165) is 31.9 Å². The summed E-state index contributed by atoms with van der Waals surface area (Å²) in [5.41, 5.74) is 5.43. The number of likely N-dealkylation sites (N-methyl/N-ethyl adjacent to an activating group) is 1. The van der Waals surface area contributed by atoms with Crippen molar-refractivity contribution in [3.63, 3.8) is 0 Å². The highest BCUT2D eigenvalue weighted by atomic mass is 16.5. The van der Waals surface area contributed by atoms with Crippen molar-refractivity contribution in [3.8, 4) is 0 Å². The third kappa shape index (κ3) is 2.35. The molecule has 1 aromatic heterocycles. The summed E-state index contributed by atoms with van der Waals surface area (Å²) in [6.07, 6.45) is 1.81. The average Bonchev–Trinajstić information content (AvgIpc) is 2.85. The van der Waals surface area contributed by atoms with Crippen molar-refractivity contribution < 1.29 is 4.52 Å². The Kier molecular flexibility index (Phi) is 3.33. The molecule has 1 aliphatic rings. The predicted octanol–water partition coefficient (Wildman–Crippen LogP) is 0.380. The Hall–Kier alpha value is -0.940. The first-order valence-corrected chi connectivity index (χ1v) is 5.58. The first-order chi connectivity index (χ1) is 7.33. The Morgan fingerprint density at radius 2 is 2.47 bits per heavy atom. The summed E-state index contributed by atoms with van der Waals surface area (Å²) in [4.78, 5) is 6.77. The van der Waals surface area contributed by atoms with Gasteiger partial charge >= 0.3 is 0 Å². The Balaban J connectivity index is 1.97. The van der Waals surface area contributed by atoms with Crippen LogP contribution < -0.4 is 5.73 Å². The summed E-state index contributed by atoms with van der Waals surface area (Å²) in [5.74, 6) is 1.97. The molecule has 5 nitrogen and oxygen atoms in total. The molecule has 84 valence electrons. The van der Waals surface area contributed by atoms with Gasteiger partial charge in [0, 0.05) is 25.4 Å². The Bertz CT molecular complexity index is 312. The minimum atomic E-state index is 0.445. The van der Waals surface area contributed by atoms with E-state index in [9.17, 15) is 0 Å². The first-order valence-electron chi connectivity index (χ1n) is 5.58. The van der Waals surface area contributed by atoms with E-state index in [1.165, 1.54) is 0 Å². The lowest BCUT2D eigenvalue weighted by molar-refractivity contribution is 0.347. The minimum absolute atomic E-state index is 0.445. The largest absolute Gasteiger partial charge is 0.339 e. The van der Waals surface area contributed by atoms with Gasteiger partial charge in [-0.15, -0.1) is 0 Å². The van der Waals surface area contributed by atoms with E-state index in [4.69, 9.17) is 10.3 Å². The van der Waals surface area contributed by atoms with Crippen LogP contribution in [0.25, 0.3) is 0 Å². The van der Waals surface area contributed by atoms with Crippen molar-refractivity contribution in [3.05, 3.63) is 11.7 Å². The molecule has 0 amide bonds. The highest BCUT2D eigenvalue weighted by molar-refractivity contribution is 5.00. The molecule has 2 N–H and O–H groups in total. The summed E-state index contributed by atoms with van der Waals surface area (Å²) in [6.45, 7) is 6.04. The first kappa shape index (κ1) is 10.6. The van der Waals surface area contributed by atoms with E-state index in [1.807, 2.05) is 0 Å². The van der Waals surface area contributed by atoms with Gasteiger partial charge in [-0.2, -0.15) is 4.98 Å². The van der Waals surface area contributed by atoms with Crippen LogP contribution in [0.4, 0.5) is 0 Å². The maximum Gasteiger partial charge on any atom is 0.227 e. The Morgan fingerprint density at radius 3 is 3.13 bits per heavy atom. The summed E-state index contributed by atoms with van der Waals surface area (Å²) < 4.78 is 5.13. The van der Waals surface area contributed by atoms with Crippen LogP contribution in [0.5, 0.6) is 0 Å². The number of hydrogen-bond acceptors (Lipinski definition) is 5. The summed E-state index contributed by atoms with van der Waals surface area (Å²) in [5, 5.41) is 4.02. The van der Waals surface area contributed by atoms with Crippen molar-refractivity contribution in [2.24, 2.45) is 5.73 Å². The number of hydrogen-bond donors (Lipinski definition) is 1. The van der Waals surface area contributed by atoms with Crippen LogP contribution in [0.1, 0.15) is 31.0 Å². The van der Waals surface area contributed by atoms with Gasteiger partial charge in [0.25, 0.3) is 0 Å². The molecule has 2 rings (SSSR count). The number of nitrogens with two attached hydrogens (primary N) is 1. The van der Waals surface area contributed by atoms with Crippen LogP contribution in [0.2, 0.25) is 0 Å².